The van der Waals surface area contributed by atoms with E-state index >= 15 is 0 Å². The largest absolute Gasteiger partial charge is 0.401 e. The molecular weight excluding hydrogens is 229 g/mol. The summed E-state index contributed by atoms with van der Waals surface area (Å²) < 4.78 is 37.2. The second-order valence-corrected chi connectivity index (χ2v) is 5.18. The molecule has 5 heteroatoms. The SMILES string of the molecule is CCC1CCC(CN)C(N(C)CC(F)(F)F)C1. The first-order chi connectivity index (χ1) is 7.87. The standard InChI is InChI=1S/C12H23F3N2/c1-3-9-4-5-10(7-16)11(6-9)17(2)8-12(13,14)15/h9-11H,3-8,16H2,1-2H3. The van der Waals surface area contributed by atoms with Gasteiger partial charge in [-0.3, -0.25) is 4.90 Å². The van der Waals surface area contributed by atoms with Gasteiger partial charge in [0.2, 0.25) is 0 Å². The van der Waals surface area contributed by atoms with Gasteiger partial charge in [-0.1, -0.05) is 19.8 Å². The molecule has 17 heavy (non-hydrogen) atoms. The maximum Gasteiger partial charge on any atom is 0.401 e. The first-order valence-corrected chi connectivity index (χ1v) is 6.34. The van der Waals surface area contributed by atoms with Crippen LogP contribution < -0.4 is 5.73 Å². The Morgan fingerprint density at radius 1 is 1.29 bits per heavy atom. The fourth-order valence-electron chi connectivity index (χ4n) is 2.88. The molecule has 1 aliphatic rings. The van der Waals surface area contributed by atoms with Gasteiger partial charge in [0.25, 0.3) is 0 Å². The van der Waals surface area contributed by atoms with E-state index in [4.69, 9.17) is 5.73 Å². The van der Waals surface area contributed by atoms with Crippen molar-refractivity contribution in [2.75, 3.05) is 20.1 Å². The van der Waals surface area contributed by atoms with Crippen LogP contribution in [0, 0.1) is 11.8 Å². The Bertz CT molecular complexity index is 230. The molecule has 0 saturated heterocycles. The summed E-state index contributed by atoms with van der Waals surface area (Å²) in [7, 11) is 1.57. The van der Waals surface area contributed by atoms with E-state index in [2.05, 4.69) is 6.92 Å². The van der Waals surface area contributed by atoms with E-state index in [1.54, 1.807) is 7.05 Å². The molecule has 0 spiro atoms. The van der Waals surface area contributed by atoms with Gasteiger partial charge in [0.1, 0.15) is 0 Å². The third kappa shape index (κ3) is 4.47. The Morgan fingerprint density at radius 2 is 1.94 bits per heavy atom. The van der Waals surface area contributed by atoms with Crippen LogP contribution in [-0.4, -0.2) is 37.3 Å². The Hall–Kier alpha value is -0.290. The van der Waals surface area contributed by atoms with E-state index in [-0.39, 0.29) is 12.0 Å². The van der Waals surface area contributed by atoms with Gasteiger partial charge in [0.15, 0.2) is 0 Å². The molecule has 2 N–H and O–H groups in total. The van der Waals surface area contributed by atoms with Crippen molar-refractivity contribution >= 4 is 0 Å². The van der Waals surface area contributed by atoms with Gasteiger partial charge in [0, 0.05) is 6.04 Å². The van der Waals surface area contributed by atoms with Gasteiger partial charge >= 0.3 is 6.18 Å². The molecule has 3 unspecified atom stereocenters. The summed E-state index contributed by atoms with van der Waals surface area (Å²) in [6.45, 7) is 1.77. The monoisotopic (exact) mass is 252 g/mol. The Labute approximate surface area is 101 Å². The molecule has 102 valence electrons. The van der Waals surface area contributed by atoms with Crippen LogP contribution in [0.2, 0.25) is 0 Å². The number of rotatable bonds is 4. The fourth-order valence-corrected chi connectivity index (χ4v) is 2.88. The highest BCUT2D eigenvalue weighted by atomic mass is 19.4. The molecule has 0 amide bonds. The minimum Gasteiger partial charge on any atom is -0.330 e. The summed E-state index contributed by atoms with van der Waals surface area (Å²) >= 11 is 0. The van der Waals surface area contributed by atoms with Crippen LogP contribution in [0.25, 0.3) is 0 Å². The molecule has 0 aromatic carbocycles. The zero-order chi connectivity index (χ0) is 13.1. The summed E-state index contributed by atoms with van der Waals surface area (Å²) in [4.78, 5) is 1.44. The average Bonchev–Trinajstić information content (AvgIpc) is 2.25. The van der Waals surface area contributed by atoms with E-state index in [0.29, 0.717) is 12.5 Å². The maximum atomic E-state index is 12.4. The number of nitrogens with two attached hydrogens (primary N) is 1. The van der Waals surface area contributed by atoms with Crippen LogP contribution in [-0.2, 0) is 0 Å². The molecular formula is C12H23F3N2. The molecule has 1 aliphatic carbocycles. The van der Waals surface area contributed by atoms with Gasteiger partial charge < -0.3 is 5.73 Å². The topological polar surface area (TPSA) is 29.3 Å². The lowest BCUT2D eigenvalue weighted by Crippen LogP contribution is -2.48. The van der Waals surface area contributed by atoms with Crippen molar-refractivity contribution in [3.63, 3.8) is 0 Å². The molecule has 1 rings (SSSR count). The Balaban J connectivity index is 2.62. The van der Waals surface area contributed by atoms with Crippen molar-refractivity contribution in [1.29, 1.82) is 0 Å². The van der Waals surface area contributed by atoms with Crippen molar-refractivity contribution in [2.24, 2.45) is 17.6 Å². The Morgan fingerprint density at radius 3 is 2.41 bits per heavy atom. The van der Waals surface area contributed by atoms with Crippen molar-refractivity contribution in [3.05, 3.63) is 0 Å². The lowest BCUT2D eigenvalue weighted by Gasteiger charge is -2.41. The highest BCUT2D eigenvalue weighted by Crippen LogP contribution is 2.34. The average molecular weight is 252 g/mol. The number of nitrogens with zero attached hydrogens (tertiary/aromatic N) is 1. The molecule has 1 fully saturated rings. The summed E-state index contributed by atoms with van der Waals surface area (Å²) in [6.07, 6.45) is -0.151. The van der Waals surface area contributed by atoms with Crippen molar-refractivity contribution < 1.29 is 13.2 Å². The van der Waals surface area contributed by atoms with Gasteiger partial charge in [-0.15, -0.1) is 0 Å². The van der Waals surface area contributed by atoms with Gasteiger partial charge in [0.05, 0.1) is 6.54 Å². The van der Waals surface area contributed by atoms with E-state index < -0.39 is 12.7 Å². The first-order valence-electron chi connectivity index (χ1n) is 6.34. The lowest BCUT2D eigenvalue weighted by atomic mass is 9.76. The van der Waals surface area contributed by atoms with Gasteiger partial charge in [-0.05, 0) is 38.3 Å². The summed E-state index contributed by atoms with van der Waals surface area (Å²) in [5, 5.41) is 0. The zero-order valence-electron chi connectivity index (χ0n) is 10.6. The normalized spacial score (nSPS) is 30.9. The summed E-state index contributed by atoms with van der Waals surface area (Å²) in [5.74, 6) is 0.767. The minimum absolute atomic E-state index is 0.0136. The molecule has 0 aliphatic heterocycles. The molecule has 3 atom stereocenters. The van der Waals surface area contributed by atoms with E-state index in [1.807, 2.05) is 0 Å². The molecule has 1 saturated carbocycles. The van der Waals surface area contributed by atoms with Crippen LogP contribution in [0.3, 0.4) is 0 Å². The second kappa shape index (κ2) is 6.05. The highest BCUT2D eigenvalue weighted by Gasteiger charge is 2.37. The predicted molar refractivity (Wildman–Crippen MR) is 62.6 cm³/mol. The third-order valence-corrected chi connectivity index (χ3v) is 3.94. The van der Waals surface area contributed by atoms with E-state index in [1.165, 1.54) is 4.90 Å². The van der Waals surface area contributed by atoms with Crippen LogP contribution in [0.4, 0.5) is 13.2 Å². The van der Waals surface area contributed by atoms with E-state index in [0.717, 1.165) is 25.7 Å². The van der Waals surface area contributed by atoms with Crippen molar-refractivity contribution in [1.82, 2.24) is 4.90 Å². The summed E-state index contributed by atoms with van der Waals surface area (Å²) in [6, 6.07) is -0.0136. The Kier molecular flexibility index (Phi) is 5.25. The minimum atomic E-state index is -4.12. The van der Waals surface area contributed by atoms with Crippen LogP contribution in [0.15, 0.2) is 0 Å². The molecule has 0 aromatic rings. The van der Waals surface area contributed by atoms with Gasteiger partial charge in [-0.25, -0.2) is 0 Å². The highest BCUT2D eigenvalue weighted by molar-refractivity contribution is 4.86. The zero-order valence-corrected chi connectivity index (χ0v) is 10.6. The third-order valence-electron chi connectivity index (χ3n) is 3.94. The quantitative estimate of drug-likeness (QED) is 0.833. The second-order valence-electron chi connectivity index (χ2n) is 5.18. The lowest BCUT2D eigenvalue weighted by molar-refractivity contribution is -0.151. The van der Waals surface area contributed by atoms with Crippen molar-refractivity contribution in [3.8, 4) is 0 Å². The molecule has 0 aromatic heterocycles. The first kappa shape index (κ1) is 14.8. The van der Waals surface area contributed by atoms with Crippen LogP contribution >= 0.6 is 0 Å². The number of halogens is 3. The molecule has 0 heterocycles. The van der Waals surface area contributed by atoms with Crippen LogP contribution in [0.5, 0.6) is 0 Å². The van der Waals surface area contributed by atoms with E-state index in [9.17, 15) is 13.2 Å². The number of alkyl halides is 3. The van der Waals surface area contributed by atoms with Crippen LogP contribution in [0.1, 0.15) is 32.6 Å². The number of hydrogen-bond acceptors (Lipinski definition) is 2. The fraction of sp³-hybridized carbons (Fsp3) is 1.00. The molecule has 0 bridgehead atoms. The predicted octanol–water partition coefficient (Wildman–Crippen LogP) is 2.63. The summed E-state index contributed by atoms with van der Waals surface area (Å²) in [5.41, 5.74) is 5.67. The molecule has 0 radical (unpaired) electrons. The number of hydrogen-bond donors (Lipinski definition) is 1. The molecule has 2 nitrogen and oxygen atoms in total. The van der Waals surface area contributed by atoms with Gasteiger partial charge in [-0.2, -0.15) is 13.2 Å². The maximum absolute atomic E-state index is 12.4. The smallest absolute Gasteiger partial charge is 0.330 e. The van der Waals surface area contributed by atoms with Crippen molar-refractivity contribution in [2.45, 2.75) is 44.8 Å².